The summed E-state index contributed by atoms with van der Waals surface area (Å²) >= 11 is 1.47. The van der Waals surface area contributed by atoms with Crippen molar-refractivity contribution in [3.63, 3.8) is 0 Å². The molecule has 2 aromatic carbocycles. The molecule has 1 amide bonds. The summed E-state index contributed by atoms with van der Waals surface area (Å²) in [6.45, 7) is 3.76. The minimum absolute atomic E-state index is 0.155. The number of ether oxygens (including phenoxy) is 3. The van der Waals surface area contributed by atoms with Crippen LogP contribution in [-0.4, -0.2) is 63.8 Å². The molecular formula is C22H27N3O4S. The summed E-state index contributed by atoms with van der Waals surface area (Å²) < 4.78 is 17.2. The largest absolute Gasteiger partial charge is 0.497 e. The van der Waals surface area contributed by atoms with Gasteiger partial charge in [0.15, 0.2) is 5.13 Å². The molecule has 7 nitrogen and oxygen atoms in total. The van der Waals surface area contributed by atoms with E-state index in [4.69, 9.17) is 19.2 Å². The fourth-order valence-electron chi connectivity index (χ4n) is 2.94. The molecule has 0 radical (unpaired) electrons. The quantitative estimate of drug-likeness (QED) is 0.514. The molecule has 0 bridgehead atoms. The van der Waals surface area contributed by atoms with E-state index < -0.39 is 0 Å². The summed E-state index contributed by atoms with van der Waals surface area (Å²) in [5.41, 5.74) is 1.32. The van der Waals surface area contributed by atoms with Crippen molar-refractivity contribution < 1.29 is 19.0 Å². The summed E-state index contributed by atoms with van der Waals surface area (Å²) in [5, 5.41) is 0.646. The van der Waals surface area contributed by atoms with E-state index in [-0.39, 0.29) is 5.91 Å². The molecule has 0 aliphatic heterocycles. The first-order valence-electron chi connectivity index (χ1n) is 9.68. The smallest absolute Gasteiger partial charge is 0.260 e. The Morgan fingerprint density at radius 1 is 1.00 bits per heavy atom. The molecule has 0 fully saturated rings. The number of methoxy groups -OCH3 is 2. The van der Waals surface area contributed by atoms with Crippen LogP contribution < -0.4 is 19.1 Å². The number of likely N-dealkylation sites (N-methyl/N-ethyl adjacent to an activating group) is 1. The van der Waals surface area contributed by atoms with Gasteiger partial charge in [-0.05, 0) is 51.4 Å². The number of hydrogen-bond donors (Lipinski definition) is 0. The molecule has 0 N–H and O–H groups in total. The lowest BCUT2D eigenvalue weighted by Gasteiger charge is -2.22. The third-order valence-electron chi connectivity index (χ3n) is 4.50. The molecule has 160 valence electrons. The van der Waals surface area contributed by atoms with Gasteiger partial charge in [-0.25, -0.2) is 4.98 Å². The lowest BCUT2D eigenvalue weighted by atomic mass is 10.1. The highest BCUT2D eigenvalue weighted by Crippen LogP contribution is 2.33. The first kappa shape index (κ1) is 21.9. The third-order valence-corrected chi connectivity index (χ3v) is 5.55. The summed E-state index contributed by atoms with van der Waals surface area (Å²) in [6.07, 6.45) is 0. The van der Waals surface area contributed by atoms with Crippen LogP contribution in [-0.2, 0) is 0 Å². The van der Waals surface area contributed by atoms with Gasteiger partial charge in [-0.2, -0.15) is 0 Å². The van der Waals surface area contributed by atoms with Crippen molar-refractivity contribution in [2.75, 3.05) is 52.9 Å². The maximum absolute atomic E-state index is 13.5. The molecule has 0 saturated carbocycles. The Morgan fingerprint density at radius 2 is 1.70 bits per heavy atom. The fourth-order valence-corrected chi connectivity index (χ4v) is 3.95. The van der Waals surface area contributed by atoms with Crippen molar-refractivity contribution in [1.82, 2.24) is 9.88 Å². The van der Waals surface area contributed by atoms with Crippen molar-refractivity contribution in [1.29, 1.82) is 0 Å². The van der Waals surface area contributed by atoms with E-state index in [1.54, 1.807) is 37.3 Å². The molecule has 30 heavy (non-hydrogen) atoms. The Labute approximate surface area is 180 Å². The van der Waals surface area contributed by atoms with Crippen molar-refractivity contribution in [2.24, 2.45) is 0 Å². The average molecular weight is 430 g/mol. The van der Waals surface area contributed by atoms with Gasteiger partial charge in [0.05, 0.1) is 31.0 Å². The van der Waals surface area contributed by atoms with Crippen LogP contribution in [0.1, 0.15) is 17.3 Å². The fraction of sp³-hybridized carbons (Fsp3) is 0.364. The van der Waals surface area contributed by atoms with Gasteiger partial charge < -0.3 is 19.1 Å². The van der Waals surface area contributed by atoms with Gasteiger partial charge in [0.25, 0.3) is 5.91 Å². The molecule has 0 aliphatic rings. The molecule has 0 atom stereocenters. The Morgan fingerprint density at radius 3 is 2.30 bits per heavy atom. The number of thiazole rings is 1. The first-order valence-corrected chi connectivity index (χ1v) is 10.5. The van der Waals surface area contributed by atoms with Crippen molar-refractivity contribution in [2.45, 2.75) is 6.92 Å². The van der Waals surface area contributed by atoms with Gasteiger partial charge in [0.2, 0.25) is 0 Å². The molecule has 3 rings (SSSR count). The molecule has 3 aromatic rings. The van der Waals surface area contributed by atoms with Crippen LogP contribution >= 0.6 is 11.3 Å². The standard InChI is InChI=1S/C22H27N3O4S/c1-6-29-16-7-8-19-20(14-16)30-22(23-19)25(10-9-24(2)3)21(26)15-11-17(27-4)13-18(12-15)28-5/h7-8,11-14H,6,9-10H2,1-5H3. The van der Waals surface area contributed by atoms with Crippen LogP contribution in [0.15, 0.2) is 36.4 Å². The van der Waals surface area contributed by atoms with Crippen LogP contribution in [0.3, 0.4) is 0 Å². The van der Waals surface area contributed by atoms with Crippen LogP contribution in [0, 0.1) is 0 Å². The van der Waals surface area contributed by atoms with Crippen LogP contribution in [0.5, 0.6) is 17.2 Å². The van der Waals surface area contributed by atoms with E-state index in [2.05, 4.69) is 0 Å². The van der Waals surface area contributed by atoms with Gasteiger partial charge in [-0.15, -0.1) is 0 Å². The lowest BCUT2D eigenvalue weighted by molar-refractivity contribution is 0.0984. The average Bonchev–Trinajstić information content (AvgIpc) is 3.16. The third kappa shape index (κ3) is 5.01. The number of fused-ring (bicyclic) bond motifs is 1. The van der Waals surface area contributed by atoms with Crippen molar-refractivity contribution >= 4 is 32.6 Å². The van der Waals surface area contributed by atoms with Gasteiger partial charge >= 0.3 is 0 Å². The zero-order valence-electron chi connectivity index (χ0n) is 18.0. The number of hydrogen-bond acceptors (Lipinski definition) is 7. The predicted molar refractivity (Wildman–Crippen MR) is 121 cm³/mol. The second kappa shape index (κ2) is 9.77. The Balaban J connectivity index is 2.00. The van der Waals surface area contributed by atoms with E-state index in [1.807, 2.05) is 44.1 Å². The van der Waals surface area contributed by atoms with E-state index in [0.29, 0.717) is 41.9 Å². The molecular weight excluding hydrogens is 402 g/mol. The zero-order valence-corrected chi connectivity index (χ0v) is 18.8. The molecule has 0 unspecified atom stereocenters. The SMILES string of the molecule is CCOc1ccc2nc(N(CCN(C)C)C(=O)c3cc(OC)cc(OC)c3)sc2c1. The van der Waals surface area contributed by atoms with Gasteiger partial charge in [-0.3, -0.25) is 9.69 Å². The van der Waals surface area contributed by atoms with Crippen LogP contribution in [0.4, 0.5) is 5.13 Å². The Bertz CT molecular complexity index is 997. The molecule has 0 saturated heterocycles. The minimum atomic E-state index is -0.155. The second-order valence-electron chi connectivity index (χ2n) is 6.92. The van der Waals surface area contributed by atoms with E-state index in [0.717, 1.165) is 16.0 Å². The van der Waals surface area contributed by atoms with E-state index in [9.17, 15) is 4.79 Å². The summed E-state index contributed by atoms with van der Waals surface area (Å²) in [4.78, 5) is 21.9. The maximum atomic E-state index is 13.5. The Kier molecular flexibility index (Phi) is 7.12. The summed E-state index contributed by atoms with van der Waals surface area (Å²) in [5.74, 6) is 1.77. The van der Waals surface area contributed by atoms with E-state index >= 15 is 0 Å². The minimum Gasteiger partial charge on any atom is -0.497 e. The highest BCUT2D eigenvalue weighted by Gasteiger charge is 2.23. The second-order valence-corrected chi connectivity index (χ2v) is 7.93. The monoisotopic (exact) mass is 429 g/mol. The molecule has 1 aromatic heterocycles. The first-order chi connectivity index (χ1) is 14.4. The number of rotatable bonds is 9. The molecule has 8 heteroatoms. The summed E-state index contributed by atoms with van der Waals surface area (Å²) in [6, 6.07) is 11.0. The lowest BCUT2D eigenvalue weighted by Crippen LogP contribution is -2.36. The number of carbonyl (C=O) groups excluding carboxylic acids is 1. The molecule has 1 heterocycles. The van der Waals surface area contributed by atoms with Gasteiger partial charge in [-0.1, -0.05) is 11.3 Å². The number of carbonyl (C=O) groups is 1. The van der Waals surface area contributed by atoms with Crippen molar-refractivity contribution in [3.05, 3.63) is 42.0 Å². The number of amides is 1. The number of anilines is 1. The predicted octanol–water partition coefficient (Wildman–Crippen LogP) is 3.92. The highest BCUT2D eigenvalue weighted by molar-refractivity contribution is 7.22. The van der Waals surface area contributed by atoms with Crippen molar-refractivity contribution in [3.8, 4) is 17.2 Å². The van der Waals surface area contributed by atoms with E-state index in [1.165, 1.54) is 11.3 Å². The number of nitrogens with zero attached hydrogens (tertiary/aromatic N) is 3. The topological polar surface area (TPSA) is 64.1 Å². The maximum Gasteiger partial charge on any atom is 0.260 e. The van der Waals surface area contributed by atoms with Gasteiger partial charge in [0, 0.05) is 24.7 Å². The molecule has 0 spiro atoms. The van der Waals surface area contributed by atoms with Crippen LogP contribution in [0.25, 0.3) is 10.2 Å². The molecule has 0 aliphatic carbocycles. The number of benzene rings is 2. The summed E-state index contributed by atoms with van der Waals surface area (Å²) in [7, 11) is 7.08. The Hall–Kier alpha value is -2.84. The van der Waals surface area contributed by atoms with Gasteiger partial charge in [0.1, 0.15) is 17.2 Å². The zero-order chi connectivity index (χ0) is 21.7. The van der Waals surface area contributed by atoms with Crippen LogP contribution in [0.2, 0.25) is 0 Å². The number of aromatic nitrogens is 1. The highest BCUT2D eigenvalue weighted by atomic mass is 32.1. The normalized spacial score (nSPS) is 11.0.